The van der Waals surface area contributed by atoms with Crippen LogP contribution in [0.25, 0.3) is 33.5 Å². The average molecular weight is 330 g/mol. The highest BCUT2D eigenvalue weighted by Crippen LogP contribution is 2.28. The largest absolute Gasteiger partial charge is 0.444 e. The Balaban J connectivity index is 2.00. The van der Waals surface area contributed by atoms with Crippen LogP contribution in [0.5, 0.6) is 0 Å². The van der Waals surface area contributed by atoms with Gasteiger partial charge >= 0.3 is 0 Å². The third-order valence-electron chi connectivity index (χ3n) is 3.34. The van der Waals surface area contributed by atoms with Gasteiger partial charge in [0.2, 0.25) is 5.89 Å². The second kappa shape index (κ2) is 5.23. The minimum absolute atomic E-state index is 0.307. The van der Waals surface area contributed by atoms with Crippen molar-refractivity contribution in [2.24, 2.45) is 0 Å². The van der Waals surface area contributed by atoms with E-state index in [0.29, 0.717) is 22.5 Å². The summed E-state index contributed by atoms with van der Waals surface area (Å²) in [6, 6.07) is 11.1. The van der Waals surface area contributed by atoms with Gasteiger partial charge in [0.15, 0.2) is 0 Å². The molecule has 0 saturated carbocycles. The van der Waals surface area contributed by atoms with Crippen LogP contribution in [0.2, 0.25) is 5.02 Å². The first kappa shape index (κ1) is 13.5. The smallest absolute Gasteiger partial charge is 0.228 e. The van der Waals surface area contributed by atoms with E-state index in [-0.39, 0.29) is 0 Å². The van der Waals surface area contributed by atoms with Crippen molar-refractivity contribution in [3.63, 3.8) is 0 Å². The summed E-state index contributed by atoms with van der Waals surface area (Å²) in [7, 11) is 0. The first-order valence-electron chi connectivity index (χ1n) is 6.61. The minimum Gasteiger partial charge on any atom is -0.444 e. The number of fused-ring (bicyclic) bond motifs is 2. The third kappa shape index (κ3) is 2.21. The van der Waals surface area contributed by atoms with Gasteiger partial charge in [-0.3, -0.25) is 0 Å². The zero-order valence-corrected chi connectivity index (χ0v) is 12.8. The number of aromatic nitrogens is 3. The fourth-order valence-electron chi connectivity index (χ4n) is 2.33. The molecular weight excluding hydrogens is 321 g/mol. The maximum absolute atomic E-state index is 6.01. The summed E-state index contributed by atoms with van der Waals surface area (Å²) in [5, 5.41) is 0.636. The summed E-state index contributed by atoms with van der Waals surface area (Å²) in [6.07, 6.45) is 1.55. The van der Waals surface area contributed by atoms with Crippen molar-refractivity contribution in [3.8, 4) is 11.5 Å². The molecule has 0 fully saturated rings. The number of halogens is 2. The number of hydrogen-bond donors (Lipinski definition) is 0. The molecule has 0 unspecified atom stereocenters. The molecule has 2 aromatic heterocycles. The van der Waals surface area contributed by atoms with Crippen molar-refractivity contribution in [1.82, 2.24) is 15.0 Å². The summed E-state index contributed by atoms with van der Waals surface area (Å²) in [4.78, 5) is 13.6. The van der Waals surface area contributed by atoms with Crippen LogP contribution in [-0.4, -0.2) is 15.0 Å². The molecule has 0 bridgehead atoms. The molecule has 0 saturated heterocycles. The van der Waals surface area contributed by atoms with Crippen molar-refractivity contribution in [2.45, 2.75) is 5.88 Å². The van der Waals surface area contributed by atoms with Crippen LogP contribution < -0.4 is 0 Å². The minimum atomic E-state index is 0.307. The number of benzene rings is 2. The lowest BCUT2D eigenvalue weighted by molar-refractivity contribution is 0.574. The Morgan fingerprint density at radius 2 is 1.86 bits per heavy atom. The highest BCUT2D eigenvalue weighted by molar-refractivity contribution is 6.31. The Labute approximate surface area is 135 Å². The number of oxazole rings is 1. The maximum atomic E-state index is 6.01. The SMILES string of the molecule is ClCc1coc(-c2cccc3nc4cc(Cl)ccc4nc23)n1. The highest BCUT2D eigenvalue weighted by atomic mass is 35.5. The number of rotatable bonds is 2. The molecule has 0 radical (unpaired) electrons. The third-order valence-corrected chi connectivity index (χ3v) is 3.85. The predicted molar refractivity (Wildman–Crippen MR) is 87.1 cm³/mol. The van der Waals surface area contributed by atoms with Crippen LogP contribution in [0, 0.1) is 0 Å². The first-order chi connectivity index (χ1) is 10.7. The van der Waals surface area contributed by atoms with Crippen molar-refractivity contribution in [1.29, 1.82) is 0 Å². The molecule has 0 aliphatic rings. The van der Waals surface area contributed by atoms with Gasteiger partial charge in [0.05, 0.1) is 33.7 Å². The molecule has 0 amide bonds. The van der Waals surface area contributed by atoms with E-state index >= 15 is 0 Å². The Morgan fingerprint density at radius 3 is 2.68 bits per heavy atom. The molecule has 0 N–H and O–H groups in total. The van der Waals surface area contributed by atoms with Crippen LogP contribution in [-0.2, 0) is 5.88 Å². The first-order valence-corrected chi connectivity index (χ1v) is 7.52. The molecule has 4 rings (SSSR count). The fourth-order valence-corrected chi connectivity index (χ4v) is 2.62. The molecule has 6 heteroatoms. The zero-order chi connectivity index (χ0) is 15.1. The van der Waals surface area contributed by atoms with Gasteiger partial charge in [-0.05, 0) is 30.3 Å². The number of para-hydroxylation sites is 1. The molecule has 0 atom stereocenters. The molecule has 0 aliphatic heterocycles. The molecule has 4 nitrogen and oxygen atoms in total. The van der Waals surface area contributed by atoms with Gasteiger partial charge in [0.1, 0.15) is 11.8 Å². The van der Waals surface area contributed by atoms with E-state index in [2.05, 4.69) is 15.0 Å². The van der Waals surface area contributed by atoms with Gasteiger partial charge in [-0.2, -0.15) is 0 Å². The van der Waals surface area contributed by atoms with E-state index in [1.165, 1.54) is 0 Å². The molecule has 0 spiro atoms. The zero-order valence-electron chi connectivity index (χ0n) is 11.3. The van der Waals surface area contributed by atoms with E-state index in [0.717, 1.165) is 27.6 Å². The van der Waals surface area contributed by atoms with Crippen molar-refractivity contribution in [3.05, 3.63) is 53.4 Å². The standard InChI is InChI=1S/C16H9Cl2N3O/c17-7-10-8-22-16(19-10)11-2-1-3-13-15(11)21-12-5-4-9(18)6-14(12)20-13/h1-6,8H,7H2. The van der Waals surface area contributed by atoms with Gasteiger partial charge in [-0.1, -0.05) is 17.7 Å². The van der Waals surface area contributed by atoms with Gasteiger partial charge < -0.3 is 4.42 Å². The average Bonchev–Trinajstić information content (AvgIpc) is 3.01. The second-order valence-corrected chi connectivity index (χ2v) is 5.51. The van der Waals surface area contributed by atoms with E-state index < -0.39 is 0 Å². The molecule has 2 aromatic carbocycles. The van der Waals surface area contributed by atoms with Crippen molar-refractivity contribution in [2.75, 3.05) is 0 Å². The van der Waals surface area contributed by atoms with Gasteiger partial charge in [-0.25, -0.2) is 15.0 Å². The Bertz CT molecular complexity index is 997. The van der Waals surface area contributed by atoms with Crippen LogP contribution in [0.3, 0.4) is 0 Å². The van der Waals surface area contributed by atoms with E-state index in [1.54, 1.807) is 18.4 Å². The molecule has 4 aromatic rings. The quantitative estimate of drug-likeness (QED) is 0.390. The Kier molecular flexibility index (Phi) is 3.21. The Morgan fingerprint density at radius 1 is 0.955 bits per heavy atom. The van der Waals surface area contributed by atoms with Gasteiger partial charge in [0.25, 0.3) is 0 Å². The lowest BCUT2D eigenvalue weighted by atomic mass is 10.1. The number of hydrogen-bond acceptors (Lipinski definition) is 4. The van der Waals surface area contributed by atoms with Gasteiger partial charge in [-0.15, -0.1) is 11.6 Å². The number of alkyl halides is 1. The summed E-state index contributed by atoms with van der Waals surface area (Å²) in [5.74, 6) is 0.797. The van der Waals surface area contributed by atoms with E-state index in [9.17, 15) is 0 Å². The van der Waals surface area contributed by atoms with Crippen LogP contribution in [0.4, 0.5) is 0 Å². The fraction of sp³-hybridized carbons (Fsp3) is 0.0625. The lowest BCUT2D eigenvalue weighted by Gasteiger charge is -2.04. The lowest BCUT2D eigenvalue weighted by Crippen LogP contribution is -1.91. The van der Waals surface area contributed by atoms with E-state index in [1.807, 2.05) is 24.3 Å². The van der Waals surface area contributed by atoms with Crippen LogP contribution in [0.15, 0.2) is 47.1 Å². The van der Waals surface area contributed by atoms with Crippen molar-refractivity contribution >= 4 is 45.3 Å². The summed E-state index contributed by atoms with van der Waals surface area (Å²) in [5.41, 5.74) is 4.50. The summed E-state index contributed by atoms with van der Waals surface area (Å²) < 4.78 is 5.50. The molecule has 0 aliphatic carbocycles. The summed E-state index contributed by atoms with van der Waals surface area (Å²) in [6.45, 7) is 0. The van der Waals surface area contributed by atoms with E-state index in [4.69, 9.17) is 27.6 Å². The monoisotopic (exact) mass is 329 g/mol. The Hall–Kier alpha value is -2.17. The van der Waals surface area contributed by atoms with Crippen molar-refractivity contribution < 1.29 is 4.42 Å². The molecule has 22 heavy (non-hydrogen) atoms. The van der Waals surface area contributed by atoms with Crippen LogP contribution >= 0.6 is 23.2 Å². The second-order valence-electron chi connectivity index (χ2n) is 4.81. The maximum Gasteiger partial charge on any atom is 0.228 e. The molecular formula is C16H9Cl2N3O. The highest BCUT2D eigenvalue weighted by Gasteiger charge is 2.13. The molecule has 108 valence electrons. The predicted octanol–water partition coefficient (Wildman–Crippen LogP) is 4.83. The normalized spacial score (nSPS) is 11.4. The van der Waals surface area contributed by atoms with Crippen LogP contribution in [0.1, 0.15) is 5.69 Å². The number of nitrogens with zero attached hydrogens (tertiary/aromatic N) is 3. The van der Waals surface area contributed by atoms with Gasteiger partial charge in [0, 0.05) is 5.02 Å². The molecule has 2 heterocycles. The topological polar surface area (TPSA) is 51.8 Å². The summed E-state index contributed by atoms with van der Waals surface area (Å²) >= 11 is 11.8.